The van der Waals surface area contributed by atoms with Crippen LogP contribution in [0.25, 0.3) is 0 Å². The Hall–Kier alpha value is -2.13. The van der Waals surface area contributed by atoms with Crippen LogP contribution < -0.4 is 0 Å². The van der Waals surface area contributed by atoms with Crippen LogP contribution >= 0.6 is 0 Å². The summed E-state index contributed by atoms with van der Waals surface area (Å²) in [6, 6.07) is 15.7. The number of aliphatic hydroxyl groups is 1. The quantitative estimate of drug-likeness (QED) is 0.813. The average Bonchev–Trinajstić information content (AvgIpc) is 2.39. The second kappa shape index (κ2) is 4.80. The maximum atomic E-state index is 10.8. The molecule has 0 saturated carbocycles. The first-order valence-corrected chi connectivity index (χ1v) is 5.27. The van der Waals surface area contributed by atoms with Gasteiger partial charge in [-0.15, -0.1) is 0 Å². The fraction of sp³-hybridized carbons (Fsp3) is 0.0714. The molecule has 0 spiro atoms. The Labute approximate surface area is 99.0 Å². The molecule has 0 bridgehead atoms. The van der Waals surface area contributed by atoms with Gasteiger partial charge in [-0.25, -0.2) is 0 Å². The van der Waals surface area contributed by atoms with E-state index in [1.807, 2.05) is 30.3 Å². The molecular formula is C14H13O3+. The van der Waals surface area contributed by atoms with Crippen LogP contribution in [-0.2, 0) is 0 Å². The molecule has 0 saturated heterocycles. The molecule has 86 valence electrons. The lowest BCUT2D eigenvalue weighted by Crippen LogP contribution is -2.01. The van der Waals surface area contributed by atoms with Gasteiger partial charge in [0.15, 0.2) is 0 Å². The van der Waals surface area contributed by atoms with Gasteiger partial charge < -0.3 is 10.2 Å². The maximum Gasteiger partial charge on any atom is 0.549 e. The van der Waals surface area contributed by atoms with Crippen LogP contribution in [0, 0.1) is 0 Å². The molecule has 0 aromatic heterocycles. The highest BCUT2D eigenvalue weighted by atomic mass is 16.4. The summed E-state index contributed by atoms with van der Waals surface area (Å²) >= 11 is 0. The molecule has 2 rings (SSSR count). The Bertz CT molecular complexity index is 503. The molecule has 17 heavy (non-hydrogen) atoms. The zero-order valence-electron chi connectivity index (χ0n) is 9.13. The molecule has 3 N–H and O–H groups in total. The second-order valence-electron chi connectivity index (χ2n) is 3.76. The number of hydrogen-bond acceptors (Lipinski definition) is 2. The van der Waals surface area contributed by atoms with Crippen molar-refractivity contribution in [1.82, 2.24) is 0 Å². The summed E-state index contributed by atoms with van der Waals surface area (Å²) < 4.78 is 0. The molecule has 1 atom stereocenters. The van der Waals surface area contributed by atoms with E-state index in [4.69, 9.17) is 5.11 Å². The van der Waals surface area contributed by atoms with Crippen molar-refractivity contribution in [3.8, 4) is 0 Å². The van der Waals surface area contributed by atoms with Crippen molar-refractivity contribution in [3.63, 3.8) is 0 Å². The largest absolute Gasteiger partial charge is 0.561 e. The predicted octanol–water partition coefficient (Wildman–Crippen LogP) is 1.63. The van der Waals surface area contributed by atoms with E-state index in [1.54, 1.807) is 24.3 Å². The Morgan fingerprint density at radius 3 is 2.00 bits per heavy atom. The zero-order chi connectivity index (χ0) is 12.3. The smallest absolute Gasteiger partial charge is 0.549 e. The third kappa shape index (κ3) is 2.52. The Balaban J connectivity index is 2.26. The number of carbonyl (C=O) groups is 1. The third-order valence-corrected chi connectivity index (χ3v) is 2.60. The molecule has 3 heteroatoms. The summed E-state index contributed by atoms with van der Waals surface area (Å²) in [5.74, 6) is -0.717. The SMILES string of the molecule is O=C([OH2+])c1ccc(C(O)c2ccccc2)cc1. The summed E-state index contributed by atoms with van der Waals surface area (Å²) in [6.45, 7) is 0. The van der Waals surface area contributed by atoms with Gasteiger partial charge in [-0.3, -0.25) is 0 Å². The van der Waals surface area contributed by atoms with Crippen LogP contribution in [0.15, 0.2) is 54.6 Å². The highest BCUT2D eigenvalue weighted by molar-refractivity contribution is 5.87. The van der Waals surface area contributed by atoms with Gasteiger partial charge in [0, 0.05) is 4.79 Å². The van der Waals surface area contributed by atoms with Gasteiger partial charge in [-0.2, -0.15) is 0 Å². The molecule has 0 aliphatic heterocycles. The van der Waals surface area contributed by atoms with Crippen LogP contribution in [0.5, 0.6) is 0 Å². The molecule has 0 fully saturated rings. The van der Waals surface area contributed by atoms with Crippen LogP contribution in [0.4, 0.5) is 0 Å². The molecule has 3 nitrogen and oxygen atoms in total. The van der Waals surface area contributed by atoms with Crippen molar-refractivity contribution in [2.24, 2.45) is 0 Å². The van der Waals surface area contributed by atoms with Gasteiger partial charge in [0.25, 0.3) is 0 Å². The van der Waals surface area contributed by atoms with Crippen LogP contribution in [-0.4, -0.2) is 16.2 Å². The average molecular weight is 229 g/mol. The molecule has 2 aromatic carbocycles. The van der Waals surface area contributed by atoms with Gasteiger partial charge in [0.1, 0.15) is 11.7 Å². The first-order chi connectivity index (χ1) is 8.18. The van der Waals surface area contributed by atoms with E-state index in [0.29, 0.717) is 11.1 Å². The minimum absolute atomic E-state index is 0.328. The molecule has 1 unspecified atom stereocenters. The van der Waals surface area contributed by atoms with Gasteiger partial charge in [0.2, 0.25) is 0 Å². The standard InChI is InChI=1S/C14H12O3/c15-13(10-4-2-1-3-5-10)11-6-8-12(9-7-11)14(16)17/h1-9,13,15H,(H,16,17)/p+1. The number of benzene rings is 2. The lowest BCUT2D eigenvalue weighted by atomic mass is 10.0. The Morgan fingerprint density at radius 2 is 1.47 bits per heavy atom. The van der Waals surface area contributed by atoms with Crippen molar-refractivity contribution >= 4 is 5.97 Å². The summed E-state index contributed by atoms with van der Waals surface area (Å²) in [7, 11) is 0. The maximum absolute atomic E-state index is 10.8. The fourth-order valence-electron chi connectivity index (χ4n) is 1.64. The number of carbonyl (C=O) groups excluding carboxylic acids is 1. The van der Waals surface area contributed by atoms with Gasteiger partial charge in [0.05, 0.1) is 0 Å². The molecule has 0 aliphatic carbocycles. The summed E-state index contributed by atoms with van der Waals surface area (Å²) in [5, 5.41) is 17.0. The number of aliphatic hydroxyl groups excluding tert-OH is 1. The van der Waals surface area contributed by atoms with Gasteiger partial charge in [-0.05, 0) is 23.3 Å². The highest BCUT2D eigenvalue weighted by Crippen LogP contribution is 2.21. The van der Waals surface area contributed by atoms with Crippen molar-refractivity contribution in [2.45, 2.75) is 6.10 Å². The topological polar surface area (TPSA) is 60.2 Å². The number of rotatable bonds is 3. The molecule has 0 radical (unpaired) electrons. The van der Waals surface area contributed by atoms with E-state index in [-0.39, 0.29) is 0 Å². The van der Waals surface area contributed by atoms with Gasteiger partial charge in [-0.1, -0.05) is 42.5 Å². The van der Waals surface area contributed by atoms with E-state index < -0.39 is 12.1 Å². The normalized spacial score (nSPS) is 12.1. The Morgan fingerprint density at radius 1 is 0.941 bits per heavy atom. The minimum Gasteiger partial charge on any atom is -0.561 e. The fourth-order valence-corrected chi connectivity index (χ4v) is 1.64. The minimum atomic E-state index is -0.717. The Kier molecular flexibility index (Phi) is 3.21. The zero-order valence-corrected chi connectivity index (χ0v) is 9.13. The summed E-state index contributed by atoms with van der Waals surface area (Å²) in [4.78, 5) is 10.8. The van der Waals surface area contributed by atoms with E-state index in [9.17, 15) is 9.90 Å². The first kappa shape index (κ1) is 11.4. The van der Waals surface area contributed by atoms with E-state index in [2.05, 4.69) is 0 Å². The van der Waals surface area contributed by atoms with E-state index in [0.717, 1.165) is 5.56 Å². The molecule has 0 aliphatic rings. The summed E-state index contributed by atoms with van der Waals surface area (Å²) in [6.07, 6.45) is -0.703. The van der Waals surface area contributed by atoms with E-state index >= 15 is 0 Å². The highest BCUT2D eigenvalue weighted by Gasteiger charge is 2.13. The summed E-state index contributed by atoms with van der Waals surface area (Å²) in [5.41, 5.74) is 1.84. The molecule has 0 heterocycles. The van der Waals surface area contributed by atoms with Crippen molar-refractivity contribution in [3.05, 3.63) is 71.3 Å². The predicted molar refractivity (Wildman–Crippen MR) is 64.9 cm³/mol. The van der Waals surface area contributed by atoms with E-state index in [1.165, 1.54) is 0 Å². The molecular weight excluding hydrogens is 216 g/mol. The van der Waals surface area contributed by atoms with Crippen LogP contribution in [0.2, 0.25) is 0 Å². The van der Waals surface area contributed by atoms with Crippen molar-refractivity contribution < 1.29 is 15.0 Å². The van der Waals surface area contributed by atoms with Crippen molar-refractivity contribution in [2.75, 3.05) is 0 Å². The molecule has 0 amide bonds. The van der Waals surface area contributed by atoms with Gasteiger partial charge >= 0.3 is 5.97 Å². The number of hydrogen-bond donors (Lipinski definition) is 1. The molecule has 2 aromatic rings. The first-order valence-electron chi connectivity index (χ1n) is 5.27. The van der Waals surface area contributed by atoms with Crippen LogP contribution in [0.3, 0.4) is 0 Å². The third-order valence-electron chi connectivity index (χ3n) is 2.60. The van der Waals surface area contributed by atoms with Crippen molar-refractivity contribution in [1.29, 1.82) is 0 Å². The lowest BCUT2D eigenvalue weighted by molar-refractivity contribution is 0.0696. The second-order valence-corrected chi connectivity index (χ2v) is 3.76. The monoisotopic (exact) mass is 229 g/mol. The lowest BCUT2D eigenvalue weighted by Gasteiger charge is -2.10. The van der Waals surface area contributed by atoms with Crippen LogP contribution in [0.1, 0.15) is 27.6 Å².